The molecule has 0 saturated carbocycles. The van der Waals surface area contributed by atoms with Crippen molar-refractivity contribution in [3.63, 3.8) is 0 Å². The molecule has 4 fully saturated rings. The zero-order chi connectivity index (χ0) is 22.7. The van der Waals surface area contributed by atoms with E-state index in [9.17, 15) is 9.59 Å². The molecule has 4 rings (SSSR count). The van der Waals surface area contributed by atoms with Crippen molar-refractivity contribution in [3.8, 4) is 0 Å². The number of carbonyl (C=O) groups excluding carboxylic acids is 2. The Kier molecular flexibility index (Phi) is 6.42. The van der Waals surface area contributed by atoms with Crippen LogP contribution in [0.15, 0.2) is 10.2 Å². The average Bonchev–Trinajstić information content (AvgIpc) is 2.83. The maximum atomic E-state index is 12.0. The second kappa shape index (κ2) is 9.10. The fourth-order valence-corrected chi connectivity index (χ4v) is 4.48. The lowest BCUT2D eigenvalue weighted by atomic mass is 9.87. The van der Waals surface area contributed by atoms with E-state index in [1.165, 1.54) is 4.90 Å². The SMILES string of the molecule is [N-]=[N+]=NCC(=O)N1CCC2(CC1)OCC1(CO2)COC2(CCN(C(=O)N=[N+]=[N-])CC2)OC1. The van der Waals surface area contributed by atoms with Crippen molar-refractivity contribution in [2.45, 2.75) is 37.3 Å². The van der Waals surface area contributed by atoms with E-state index in [4.69, 9.17) is 30.0 Å². The molecule has 14 nitrogen and oxygen atoms in total. The molecule has 4 aliphatic heterocycles. The summed E-state index contributed by atoms with van der Waals surface area (Å²) in [6.07, 6.45) is 2.10. The number of piperidine rings is 2. The van der Waals surface area contributed by atoms with Gasteiger partial charge in [0.25, 0.3) is 0 Å². The highest BCUT2D eigenvalue weighted by molar-refractivity contribution is 5.78. The van der Waals surface area contributed by atoms with Crippen LogP contribution in [0.1, 0.15) is 25.7 Å². The molecule has 0 aromatic rings. The summed E-state index contributed by atoms with van der Waals surface area (Å²) in [6, 6.07) is -0.584. The van der Waals surface area contributed by atoms with Crippen molar-refractivity contribution in [1.29, 1.82) is 0 Å². The van der Waals surface area contributed by atoms with Gasteiger partial charge in [-0.05, 0) is 11.1 Å². The fraction of sp³-hybridized carbons (Fsp3) is 0.889. The number of ether oxygens (including phenoxy) is 4. The van der Waals surface area contributed by atoms with Crippen LogP contribution < -0.4 is 0 Å². The zero-order valence-corrected chi connectivity index (χ0v) is 17.7. The van der Waals surface area contributed by atoms with E-state index in [2.05, 4.69) is 20.1 Å². The summed E-state index contributed by atoms with van der Waals surface area (Å²) in [5.74, 6) is -1.66. The Balaban J connectivity index is 1.24. The Morgan fingerprint density at radius 3 is 1.69 bits per heavy atom. The average molecular weight is 450 g/mol. The highest BCUT2D eigenvalue weighted by Crippen LogP contribution is 2.42. The van der Waals surface area contributed by atoms with Gasteiger partial charge in [0, 0.05) is 66.8 Å². The molecule has 174 valence electrons. The molecular formula is C18H26N8O6. The molecule has 0 N–H and O–H groups in total. The van der Waals surface area contributed by atoms with Gasteiger partial charge in [0.1, 0.15) is 6.54 Å². The lowest BCUT2D eigenvalue weighted by Crippen LogP contribution is -2.62. The van der Waals surface area contributed by atoms with E-state index in [0.29, 0.717) is 78.3 Å². The number of carbonyl (C=O) groups is 2. The molecule has 3 amide bonds. The first-order valence-corrected chi connectivity index (χ1v) is 10.6. The zero-order valence-electron chi connectivity index (χ0n) is 17.7. The minimum atomic E-state index is -0.745. The normalized spacial score (nSPS) is 25.8. The van der Waals surface area contributed by atoms with Crippen LogP contribution in [0.3, 0.4) is 0 Å². The number of hydrogen-bond acceptors (Lipinski definition) is 7. The second-order valence-corrected chi connectivity index (χ2v) is 8.70. The van der Waals surface area contributed by atoms with Crippen LogP contribution in [0.5, 0.6) is 0 Å². The number of hydrogen-bond donors (Lipinski definition) is 0. The summed E-state index contributed by atoms with van der Waals surface area (Å²) >= 11 is 0. The van der Waals surface area contributed by atoms with E-state index < -0.39 is 23.0 Å². The molecule has 0 bridgehead atoms. The number of likely N-dealkylation sites (tertiary alicyclic amines) is 2. The van der Waals surface area contributed by atoms with Crippen LogP contribution >= 0.6 is 0 Å². The van der Waals surface area contributed by atoms with Gasteiger partial charge in [-0.3, -0.25) is 9.59 Å². The molecule has 32 heavy (non-hydrogen) atoms. The van der Waals surface area contributed by atoms with Crippen molar-refractivity contribution in [3.05, 3.63) is 20.9 Å². The van der Waals surface area contributed by atoms with Crippen molar-refractivity contribution in [2.24, 2.45) is 15.6 Å². The number of nitrogens with zero attached hydrogens (tertiary/aromatic N) is 8. The van der Waals surface area contributed by atoms with Gasteiger partial charge >= 0.3 is 6.03 Å². The summed E-state index contributed by atoms with van der Waals surface area (Å²) in [5, 5.41) is 6.46. The Morgan fingerprint density at radius 1 is 0.781 bits per heavy atom. The third-order valence-electron chi connectivity index (χ3n) is 6.64. The molecule has 14 heteroatoms. The quantitative estimate of drug-likeness (QED) is 0.352. The molecule has 0 radical (unpaired) electrons. The molecule has 0 aliphatic carbocycles. The molecule has 4 saturated heterocycles. The maximum Gasteiger partial charge on any atom is 0.310 e. The summed E-state index contributed by atoms with van der Waals surface area (Å²) in [6.45, 7) is 3.28. The highest BCUT2D eigenvalue weighted by atomic mass is 16.7. The summed E-state index contributed by atoms with van der Waals surface area (Å²) < 4.78 is 24.6. The molecule has 4 heterocycles. The van der Waals surface area contributed by atoms with Crippen molar-refractivity contribution < 1.29 is 28.5 Å². The Hall–Kier alpha value is -2.60. The van der Waals surface area contributed by atoms with Crippen LogP contribution in [-0.4, -0.2) is 92.5 Å². The van der Waals surface area contributed by atoms with Gasteiger partial charge in [-0.15, -0.1) is 0 Å². The Morgan fingerprint density at radius 2 is 1.25 bits per heavy atom. The lowest BCUT2D eigenvalue weighted by Gasteiger charge is -2.53. The molecule has 3 spiro atoms. The van der Waals surface area contributed by atoms with Gasteiger partial charge in [-0.2, -0.15) is 0 Å². The van der Waals surface area contributed by atoms with E-state index in [-0.39, 0.29) is 12.5 Å². The van der Waals surface area contributed by atoms with E-state index in [0.717, 1.165) is 0 Å². The van der Waals surface area contributed by atoms with Gasteiger partial charge in [0.15, 0.2) is 11.6 Å². The summed E-state index contributed by atoms with van der Waals surface area (Å²) in [4.78, 5) is 32.0. The van der Waals surface area contributed by atoms with E-state index in [1.807, 2.05) is 0 Å². The number of urea groups is 1. The first kappa shape index (κ1) is 22.6. The van der Waals surface area contributed by atoms with Gasteiger partial charge < -0.3 is 28.7 Å². The first-order chi connectivity index (χ1) is 15.4. The topological polar surface area (TPSA) is 175 Å². The number of rotatable bonds is 2. The van der Waals surface area contributed by atoms with Crippen LogP contribution in [0, 0.1) is 5.41 Å². The molecule has 0 unspecified atom stereocenters. The molecular weight excluding hydrogens is 424 g/mol. The molecule has 4 aliphatic rings. The van der Waals surface area contributed by atoms with E-state index >= 15 is 0 Å². The van der Waals surface area contributed by atoms with Crippen LogP contribution in [0.4, 0.5) is 4.79 Å². The molecule has 0 aromatic heterocycles. The first-order valence-electron chi connectivity index (χ1n) is 10.6. The van der Waals surface area contributed by atoms with Crippen LogP contribution in [0.2, 0.25) is 0 Å². The highest BCUT2D eigenvalue weighted by Gasteiger charge is 2.52. The van der Waals surface area contributed by atoms with Gasteiger partial charge in [-0.25, -0.2) is 0 Å². The monoisotopic (exact) mass is 450 g/mol. The second-order valence-electron chi connectivity index (χ2n) is 8.70. The minimum absolute atomic E-state index is 0.178. The third kappa shape index (κ3) is 4.60. The van der Waals surface area contributed by atoms with Crippen LogP contribution in [-0.2, 0) is 23.7 Å². The predicted octanol–water partition coefficient (Wildman–Crippen LogP) is 1.92. The van der Waals surface area contributed by atoms with Crippen LogP contribution in [0.25, 0.3) is 20.9 Å². The Labute approximate surface area is 183 Å². The van der Waals surface area contributed by atoms with E-state index in [1.54, 1.807) is 4.90 Å². The third-order valence-corrected chi connectivity index (χ3v) is 6.64. The standard InChI is InChI=1S/C18H26N8O6/c19-23-21-9-14(27)25-5-1-17(2-6-25)29-10-16(11-30-17)12-31-18(32-13-16)3-7-26(8-4-18)15(28)22-24-20/h1-13H2. The Bertz CT molecular complexity index is 816. The molecule has 0 aromatic carbocycles. The van der Waals surface area contributed by atoms with Gasteiger partial charge in [0.2, 0.25) is 5.91 Å². The van der Waals surface area contributed by atoms with Gasteiger partial charge in [-0.1, -0.05) is 5.11 Å². The number of azide groups is 2. The minimum Gasteiger partial charge on any atom is -0.349 e. The smallest absolute Gasteiger partial charge is 0.310 e. The van der Waals surface area contributed by atoms with Crippen molar-refractivity contribution in [2.75, 3.05) is 59.2 Å². The lowest BCUT2D eigenvalue weighted by molar-refractivity contribution is -0.376. The predicted molar refractivity (Wildman–Crippen MR) is 107 cm³/mol. The van der Waals surface area contributed by atoms with Crippen molar-refractivity contribution >= 4 is 11.9 Å². The maximum absolute atomic E-state index is 12.0. The van der Waals surface area contributed by atoms with Gasteiger partial charge in [0.05, 0.1) is 31.8 Å². The fourth-order valence-electron chi connectivity index (χ4n) is 4.48. The summed E-state index contributed by atoms with van der Waals surface area (Å²) in [5.41, 5.74) is 16.4. The number of amides is 3. The summed E-state index contributed by atoms with van der Waals surface area (Å²) in [7, 11) is 0. The molecule has 0 atom stereocenters. The van der Waals surface area contributed by atoms with Crippen molar-refractivity contribution in [1.82, 2.24) is 9.80 Å². The largest absolute Gasteiger partial charge is 0.349 e.